The molecule has 5 heteroatoms. The molecule has 1 atom stereocenters. The molecule has 0 saturated carbocycles. The van der Waals surface area contributed by atoms with Crippen molar-refractivity contribution in [3.05, 3.63) is 24.3 Å². The average Bonchev–Trinajstić information content (AvgIpc) is 2.63. The number of ether oxygens (including phenoxy) is 2. The molecule has 0 radical (unpaired) electrons. The van der Waals surface area contributed by atoms with E-state index >= 15 is 0 Å². The lowest BCUT2D eigenvalue weighted by Gasteiger charge is -2.41. The van der Waals surface area contributed by atoms with E-state index < -0.39 is 5.60 Å². The van der Waals surface area contributed by atoms with Gasteiger partial charge in [0.2, 0.25) is 0 Å². The van der Waals surface area contributed by atoms with Gasteiger partial charge in [0.1, 0.15) is 11.5 Å². The van der Waals surface area contributed by atoms with Crippen molar-refractivity contribution < 1.29 is 14.6 Å². The third kappa shape index (κ3) is 5.50. The van der Waals surface area contributed by atoms with Crippen LogP contribution < -0.4 is 9.47 Å². The first kappa shape index (κ1) is 19.8. The van der Waals surface area contributed by atoms with E-state index in [4.69, 9.17) is 9.47 Å². The summed E-state index contributed by atoms with van der Waals surface area (Å²) in [4.78, 5) is 0. The van der Waals surface area contributed by atoms with E-state index in [9.17, 15) is 5.11 Å². The quantitative estimate of drug-likeness (QED) is 0.664. The van der Waals surface area contributed by atoms with Gasteiger partial charge in [0.25, 0.3) is 0 Å². The zero-order chi connectivity index (χ0) is 17.5. The first-order chi connectivity index (χ1) is 11.5. The highest BCUT2D eigenvalue weighted by atomic mass is 32.2. The molecule has 0 aromatic heterocycles. The van der Waals surface area contributed by atoms with Crippen molar-refractivity contribution in [2.24, 2.45) is 0 Å². The molecule has 1 heterocycles. The topological polar surface area (TPSA) is 38.7 Å². The summed E-state index contributed by atoms with van der Waals surface area (Å²) in [5.41, 5.74) is -0.653. The summed E-state index contributed by atoms with van der Waals surface area (Å²) in [6, 6.07) is 7.60. The molecule has 1 fully saturated rings. The van der Waals surface area contributed by atoms with Crippen LogP contribution in [-0.2, 0) is 0 Å². The summed E-state index contributed by atoms with van der Waals surface area (Å²) < 4.78 is 11.2. The van der Waals surface area contributed by atoms with Gasteiger partial charge in [-0.1, -0.05) is 13.8 Å². The molecule has 136 valence electrons. The number of benzene rings is 1. The monoisotopic (exact) mass is 370 g/mol. The highest BCUT2D eigenvalue weighted by Crippen LogP contribution is 2.50. The van der Waals surface area contributed by atoms with E-state index in [1.807, 2.05) is 47.8 Å². The zero-order valence-electron chi connectivity index (χ0n) is 15.0. The minimum Gasteiger partial charge on any atom is -0.497 e. The van der Waals surface area contributed by atoms with Crippen LogP contribution in [0.5, 0.6) is 11.5 Å². The molecule has 0 spiro atoms. The van der Waals surface area contributed by atoms with E-state index in [1.165, 1.54) is 17.9 Å². The molecule has 1 aromatic rings. The second-order valence-electron chi connectivity index (χ2n) is 6.34. The lowest BCUT2D eigenvalue weighted by Crippen LogP contribution is -2.39. The number of rotatable bonds is 9. The smallest absolute Gasteiger partial charge is 0.119 e. The van der Waals surface area contributed by atoms with Crippen LogP contribution in [-0.4, -0.2) is 40.0 Å². The van der Waals surface area contributed by atoms with Gasteiger partial charge in [-0.25, -0.2) is 0 Å². The highest BCUT2D eigenvalue weighted by molar-refractivity contribution is 8.18. The first-order valence-electron chi connectivity index (χ1n) is 8.82. The number of methoxy groups -OCH3 is 1. The molecule has 2 rings (SSSR count). The summed E-state index contributed by atoms with van der Waals surface area (Å²) in [6.07, 6.45) is 4.65. The van der Waals surface area contributed by atoms with Crippen molar-refractivity contribution in [1.82, 2.24) is 0 Å². The van der Waals surface area contributed by atoms with Gasteiger partial charge in [0, 0.05) is 12.8 Å². The van der Waals surface area contributed by atoms with Gasteiger partial charge in [-0.3, -0.25) is 0 Å². The fourth-order valence-corrected chi connectivity index (χ4v) is 6.46. The molecule has 0 unspecified atom stereocenters. The van der Waals surface area contributed by atoms with Gasteiger partial charge in [0.05, 0.1) is 23.4 Å². The van der Waals surface area contributed by atoms with Gasteiger partial charge >= 0.3 is 0 Å². The Morgan fingerprint density at radius 1 is 1.12 bits per heavy atom. The molecule has 0 amide bonds. The number of aliphatic hydroxyl groups is 1. The largest absolute Gasteiger partial charge is 0.497 e. The van der Waals surface area contributed by atoms with Gasteiger partial charge in [-0.05, 0) is 55.0 Å². The van der Waals surface area contributed by atoms with Crippen molar-refractivity contribution in [2.45, 2.75) is 55.6 Å². The number of thioether (sulfide) groups is 2. The van der Waals surface area contributed by atoms with Crippen LogP contribution in [0.2, 0.25) is 0 Å². The van der Waals surface area contributed by atoms with Crippen LogP contribution >= 0.6 is 23.5 Å². The van der Waals surface area contributed by atoms with Crippen molar-refractivity contribution in [1.29, 1.82) is 0 Å². The van der Waals surface area contributed by atoms with E-state index in [0.29, 0.717) is 13.0 Å². The third-order valence-electron chi connectivity index (χ3n) is 4.71. The first-order valence-corrected chi connectivity index (χ1v) is 10.8. The Hall–Kier alpha value is -0.520. The van der Waals surface area contributed by atoms with Crippen molar-refractivity contribution in [2.75, 3.05) is 25.2 Å². The predicted octanol–water partition coefficient (Wildman–Crippen LogP) is 4.97. The minimum atomic E-state index is -0.653. The summed E-state index contributed by atoms with van der Waals surface area (Å²) >= 11 is 4.07. The van der Waals surface area contributed by atoms with Gasteiger partial charge in [0.15, 0.2) is 0 Å². The van der Waals surface area contributed by atoms with Crippen LogP contribution in [0.3, 0.4) is 0 Å². The normalized spacial score (nSPS) is 19.5. The fourth-order valence-electron chi connectivity index (χ4n) is 2.97. The Morgan fingerprint density at radius 2 is 1.75 bits per heavy atom. The summed E-state index contributed by atoms with van der Waals surface area (Å²) in [6.45, 7) is 4.86. The molecule has 1 aliphatic rings. The van der Waals surface area contributed by atoms with E-state index in [-0.39, 0.29) is 4.08 Å². The lowest BCUT2D eigenvalue weighted by molar-refractivity contribution is 0.00454. The van der Waals surface area contributed by atoms with Crippen molar-refractivity contribution >= 4 is 23.5 Å². The second-order valence-corrected chi connectivity index (χ2v) is 9.56. The van der Waals surface area contributed by atoms with Gasteiger partial charge in [-0.15, -0.1) is 23.5 Å². The molecule has 1 aliphatic heterocycles. The SMILES string of the molecule is CCC1(C[C@@](O)(CC)CCOc2ccc(OC)cc2)SCCCS1. The van der Waals surface area contributed by atoms with E-state index in [0.717, 1.165) is 30.8 Å². The fraction of sp³-hybridized carbons (Fsp3) is 0.684. The molecule has 24 heavy (non-hydrogen) atoms. The summed E-state index contributed by atoms with van der Waals surface area (Å²) in [7, 11) is 1.65. The molecule has 3 nitrogen and oxygen atoms in total. The standard InChI is InChI=1S/C19H30O3S2/c1-4-18(20,15-19(5-2)23-13-6-14-24-19)11-12-22-17-9-7-16(21-3)8-10-17/h7-10,20H,4-6,11-15H2,1-3H3/t18-/m1/s1. The van der Waals surface area contributed by atoms with Crippen LogP contribution in [0.15, 0.2) is 24.3 Å². The number of hydrogen-bond acceptors (Lipinski definition) is 5. The van der Waals surface area contributed by atoms with E-state index in [2.05, 4.69) is 13.8 Å². The average molecular weight is 371 g/mol. The van der Waals surface area contributed by atoms with Crippen LogP contribution in [0.25, 0.3) is 0 Å². The second kappa shape index (κ2) is 9.25. The van der Waals surface area contributed by atoms with Crippen molar-refractivity contribution in [3.63, 3.8) is 0 Å². The van der Waals surface area contributed by atoms with Gasteiger partial charge < -0.3 is 14.6 Å². The lowest BCUT2D eigenvalue weighted by atomic mass is 9.90. The van der Waals surface area contributed by atoms with Crippen LogP contribution in [0, 0.1) is 0 Å². The molecular formula is C19H30O3S2. The highest BCUT2D eigenvalue weighted by Gasteiger charge is 2.40. The molecule has 0 aliphatic carbocycles. The van der Waals surface area contributed by atoms with Gasteiger partial charge in [-0.2, -0.15) is 0 Å². The molecule has 1 N–H and O–H groups in total. The zero-order valence-corrected chi connectivity index (χ0v) is 16.7. The Labute approximate surface area is 154 Å². The maximum Gasteiger partial charge on any atom is 0.119 e. The van der Waals surface area contributed by atoms with Crippen molar-refractivity contribution in [3.8, 4) is 11.5 Å². The van der Waals surface area contributed by atoms with Crippen LogP contribution in [0.1, 0.15) is 46.0 Å². The Kier molecular flexibility index (Phi) is 7.63. The molecule has 0 bridgehead atoms. The van der Waals surface area contributed by atoms with E-state index in [1.54, 1.807) is 7.11 Å². The Bertz CT molecular complexity index is 486. The summed E-state index contributed by atoms with van der Waals surface area (Å²) in [5, 5.41) is 11.1. The number of hydrogen-bond donors (Lipinski definition) is 1. The third-order valence-corrected chi connectivity index (χ3v) is 8.32. The molecule has 1 saturated heterocycles. The maximum atomic E-state index is 11.1. The molecule has 1 aromatic carbocycles. The summed E-state index contributed by atoms with van der Waals surface area (Å²) in [5.74, 6) is 4.07. The predicted molar refractivity (Wildman–Crippen MR) is 106 cm³/mol. The Balaban J connectivity index is 1.89. The van der Waals surface area contributed by atoms with Crippen LogP contribution in [0.4, 0.5) is 0 Å². The maximum absolute atomic E-state index is 11.1. The minimum absolute atomic E-state index is 0.170. The Morgan fingerprint density at radius 3 is 2.29 bits per heavy atom. The molecular weight excluding hydrogens is 340 g/mol.